The largest absolute Gasteiger partial charge is 0.369 e. The van der Waals surface area contributed by atoms with Gasteiger partial charge in [-0.05, 0) is 51.7 Å². The quantitative estimate of drug-likeness (QED) is 0.500. The number of pyridine rings is 1. The first-order chi connectivity index (χ1) is 14.4. The van der Waals surface area contributed by atoms with Crippen LogP contribution in [0.15, 0.2) is 29.0 Å². The van der Waals surface area contributed by atoms with Crippen LogP contribution in [0.25, 0.3) is 4.85 Å². The van der Waals surface area contributed by atoms with Crippen LogP contribution in [0.2, 0.25) is 0 Å². The standard InChI is InChI=1S/C23H31N5O2/c1-5-6-16-30-23(2,3)19-12-10-17(21(27-19)28-14-8-7-9-15-28)26-22(29)18-11-13-20(24-4)25-18/h10,12-13H,5-9,11,14-16H2,1-3H3,(H,26,29). The molecule has 1 saturated heterocycles. The third kappa shape index (κ3) is 5.25. The number of allylic oxidation sites excluding steroid dienone is 1. The van der Waals surface area contributed by atoms with Gasteiger partial charge in [0.2, 0.25) is 0 Å². The number of piperidine rings is 1. The maximum atomic E-state index is 12.7. The van der Waals surface area contributed by atoms with Gasteiger partial charge >= 0.3 is 0 Å². The summed E-state index contributed by atoms with van der Waals surface area (Å²) >= 11 is 0. The maximum Gasteiger partial charge on any atom is 0.294 e. The van der Waals surface area contributed by atoms with Gasteiger partial charge in [0.05, 0.1) is 11.4 Å². The molecule has 1 fully saturated rings. The van der Waals surface area contributed by atoms with Crippen molar-refractivity contribution in [3.63, 3.8) is 0 Å². The van der Waals surface area contributed by atoms with E-state index in [-0.39, 0.29) is 11.7 Å². The molecule has 0 bridgehead atoms. The summed E-state index contributed by atoms with van der Waals surface area (Å²) in [5.74, 6) is 0.775. The molecule has 30 heavy (non-hydrogen) atoms. The van der Waals surface area contributed by atoms with Gasteiger partial charge in [0, 0.05) is 26.1 Å². The van der Waals surface area contributed by atoms with E-state index in [0.29, 0.717) is 24.4 Å². The fourth-order valence-electron chi connectivity index (χ4n) is 3.60. The zero-order chi connectivity index (χ0) is 21.6. The Balaban J connectivity index is 1.85. The van der Waals surface area contributed by atoms with Gasteiger partial charge in [-0.3, -0.25) is 4.79 Å². The highest BCUT2D eigenvalue weighted by molar-refractivity contribution is 6.44. The first-order valence-corrected chi connectivity index (χ1v) is 10.8. The number of aliphatic imine (C=N–C) groups is 1. The highest BCUT2D eigenvalue weighted by Crippen LogP contribution is 2.32. The summed E-state index contributed by atoms with van der Waals surface area (Å²) in [6.45, 7) is 15.8. The van der Waals surface area contributed by atoms with E-state index >= 15 is 0 Å². The topological polar surface area (TPSA) is 71.2 Å². The van der Waals surface area contributed by atoms with Crippen LogP contribution >= 0.6 is 0 Å². The van der Waals surface area contributed by atoms with Gasteiger partial charge in [-0.1, -0.05) is 26.0 Å². The summed E-state index contributed by atoms with van der Waals surface area (Å²) in [6, 6.07) is 3.84. The number of carbonyl (C=O) groups is 1. The fourth-order valence-corrected chi connectivity index (χ4v) is 3.60. The third-order valence-electron chi connectivity index (χ3n) is 5.46. The summed E-state index contributed by atoms with van der Waals surface area (Å²) in [5.41, 5.74) is 1.38. The van der Waals surface area contributed by atoms with Crippen LogP contribution in [0.3, 0.4) is 0 Å². The number of hydrogen-bond acceptors (Lipinski definition) is 5. The molecule has 2 aliphatic rings. The Morgan fingerprint density at radius 3 is 2.73 bits per heavy atom. The molecule has 0 aliphatic carbocycles. The molecule has 2 aliphatic heterocycles. The second kappa shape index (κ2) is 9.86. The molecule has 7 heteroatoms. The van der Waals surface area contributed by atoms with Crippen LogP contribution in [0.1, 0.15) is 65.0 Å². The highest BCUT2D eigenvalue weighted by Gasteiger charge is 2.27. The predicted octanol–water partition coefficient (Wildman–Crippen LogP) is 4.67. The minimum absolute atomic E-state index is 0.274. The van der Waals surface area contributed by atoms with E-state index in [9.17, 15) is 4.79 Å². The van der Waals surface area contributed by atoms with E-state index in [1.54, 1.807) is 6.08 Å². The molecule has 0 aromatic carbocycles. The SMILES string of the molecule is [C-]#[N+]C1=CCC(C(=O)Nc2ccc(C(C)(C)OCCCC)nc2N2CCCCC2)=N1. The van der Waals surface area contributed by atoms with Crippen molar-refractivity contribution in [2.75, 3.05) is 29.9 Å². The molecule has 0 saturated carbocycles. The Bertz CT molecular complexity index is 876. The monoisotopic (exact) mass is 409 g/mol. The first-order valence-electron chi connectivity index (χ1n) is 10.8. The molecule has 160 valence electrons. The molecular weight excluding hydrogens is 378 g/mol. The molecule has 1 aromatic rings. The lowest BCUT2D eigenvalue weighted by Crippen LogP contribution is -2.33. The zero-order valence-electron chi connectivity index (χ0n) is 18.2. The van der Waals surface area contributed by atoms with Crippen LogP contribution < -0.4 is 10.2 Å². The van der Waals surface area contributed by atoms with Crippen LogP contribution in [0.4, 0.5) is 11.5 Å². The van der Waals surface area contributed by atoms with Crippen LogP contribution in [0, 0.1) is 6.57 Å². The number of amides is 1. The minimum atomic E-state index is -0.508. The molecule has 0 atom stereocenters. The second-order valence-corrected chi connectivity index (χ2v) is 8.22. The van der Waals surface area contributed by atoms with Crippen LogP contribution in [0.5, 0.6) is 0 Å². The lowest BCUT2D eigenvalue weighted by Gasteiger charge is -2.32. The normalized spacial score (nSPS) is 16.7. The van der Waals surface area contributed by atoms with Gasteiger partial charge in [0.1, 0.15) is 5.60 Å². The number of anilines is 2. The smallest absolute Gasteiger partial charge is 0.294 e. The summed E-state index contributed by atoms with van der Waals surface area (Å²) in [7, 11) is 0. The Morgan fingerprint density at radius 2 is 2.07 bits per heavy atom. The highest BCUT2D eigenvalue weighted by atomic mass is 16.5. The molecule has 1 N–H and O–H groups in total. The van der Waals surface area contributed by atoms with Gasteiger partial charge in [-0.2, -0.15) is 0 Å². The Kier molecular flexibility index (Phi) is 7.22. The Labute approximate surface area is 179 Å². The molecule has 3 rings (SSSR count). The Hall–Kier alpha value is -2.72. The summed E-state index contributed by atoms with van der Waals surface area (Å²) in [4.78, 5) is 27.3. The van der Waals surface area contributed by atoms with Crippen molar-refractivity contribution in [3.05, 3.63) is 41.1 Å². The minimum Gasteiger partial charge on any atom is -0.369 e. The van der Waals surface area contributed by atoms with Crippen LogP contribution in [-0.2, 0) is 15.1 Å². The number of ether oxygens (including phenoxy) is 1. The fraction of sp³-hybridized carbons (Fsp3) is 0.565. The third-order valence-corrected chi connectivity index (χ3v) is 5.46. The molecule has 1 aromatic heterocycles. The Morgan fingerprint density at radius 1 is 1.30 bits per heavy atom. The van der Waals surface area contributed by atoms with Crippen molar-refractivity contribution in [1.82, 2.24) is 4.98 Å². The number of carbonyl (C=O) groups excluding carboxylic acids is 1. The van der Waals surface area contributed by atoms with E-state index < -0.39 is 5.60 Å². The van der Waals surface area contributed by atoms with Crippen molar-refractivity contribution < 1.29 is 9.53 Å². The number of unbranched alkanes of at least 4 members (excludes halogenated alkanes) is 1. The number of nitrogens with zero attached hydrogens (tertiary/aromatic N) is 4. The van der Waals surface area contributed by atoms with Gasteiger partial charge < -0.3 is 19.8 Å². The molecule has 7 nitrogen and oxygen atoms in total. The zero-order valence-corrected chi connectivity index (χ0v) is 18.2. The number of hydrogen-bond donors (Lipinski definition) is 1. The summed E-state index contributed by atoms with van der Waals surface area (Å²) in [6.07, 6.45) is 7.59. The lowest BCUT2D eigenvalue weighted by atomic mass is 10.0. The first kappa shape index (κ1) is 22.0. The average molecular weight is 410 g/mol. The number of nitrogens with one attached hydrogen (secondary N) is 1. The number of aromatic nitrogens is 1. The van der Waals surface area contributed by atoms with Crippen molar-refractivity contribution in [2.24, 2.45) is 4.99 Å². The van der Waals surface area contributed by atoms with Crippen molar-refractivity contribution >= 4 is 23.1 Å². The molecule has 1 amide bonds. The van der Waals surface area contributed by atoms with E-state index in [2.05, 4.69) is 27.0 Å². The van der Waals surface area contributed by atoms with Crippen molar-refractivity contribution in [2.45, 2.75) is 64.9 Å². The predicted molar refractivity (Wildman–Crippen MR) is 120 cm³/mol. The molecular formula is C23H31N5O2. The van der Waals surface area contributed by atoms with E-state index in [1.165, 1.54) is 6.42 Å². The maximum absolute atomic E-state index is 12.7. The van der Waals surface area contributed by atoms with E-state index in [1.807, 2.05) is 26.0 Å². The van der Waals surface area contributed by atoms with Gasteiger partial charge in [0.25, 0.3) is 11.7 Å². The van der Waals surface area contributed by atoms with Gasteiger partial charge in [-0.15, -0.1) is 4.99 Å². The van der Waals surface area contributed by atoms with Gasteiger partial charge in [0.15, 0.2) is 11.5 Å². The molecule has 0 radical (unpaired) electrons. The van der Waals surface area contributed by atoms with Crippen LogP contribution in [-0.4, -0.2) is 36.3 Å². The van der Waals surface area contributed by atoms with Gasteiger partial charge in [-0.25, -0.2) is 4.98 Å². The molecule has 0 unspecified atom stereocenters. The molecule has 0 spiro atoms. The summed E-state index contributed by atoms with van der Waals surface area (Å²) in [5, 5.41) is 2.97. The molecule has 3 heterocycles. The lowest BCUT2D eigenvalue weighted by molar-refractivity contribution is -0.110. The van der Waals surface area contributed by atoms with Crippen molar-refractivity contribution in [1.29, 1.82) is 0 Å². The second-order valence-electron chi connectivity index (χ2n) is 8.22. The number of rotatable bonds is 8. The van der Waals surface area contributed by atoms with E-state index in [4.69, 9.17) is 16.3 Å². The van der Waals surface area contributed by atoms with Crippen molar-refractivity contribution in [3.8, 4) is 0 Å². The summed E-state index contributed by atoms with van der Waals surface area (Å²) < 4.78 is 6.10. The van der Waals surface area contributed by atoms with E-state index in [0.717, 1.165) is 50.3 Å². The average Bonchev–Trinajstić information content (AvgIpc) is 3.24.